The summed E-state index contributed by atoms with van der Waals surface area (Å²) in [6, 6.07) is 4.64. The van der Waals surface area contributed by atoms with Crippen LogP contribution in [0.3, 0.4) is 0 Å². The fraction of sp³-hybridized carbons (Fsp3) is 0.364. The van der Waals surface area contributed by atoms with E-state index in [1.165, 1.54) is 33.3 Å². The number of halogens is 2. The third kappa shape index (κ3) is 6.72. The standard InChI is InChI=1S/C22H25Cl2N3O6/c1-6-32-16-9-14(24)10-17(33-7-2)20(16)27-26-19(12(3)28)22(29)25-15-8-13(23)11-18(30-4)21(15)31-5/h8-11,19H,6-7H2,1-5H3,(H,25,29). The maximum absolute atomic E-state index is 12.9. The van der Waals surface area contributed by atoms with E-state index < -0.39 is 17.7 Å². The summed E-state index contributed by atoms with van der Waals surface area (Å²) in [7, 11) is 2.85. The molecule has 1 unspecified atom stereocenters. The zero-order chi connectivity index (χ0) is 24.5. The summed E-state index contributed by atoms with van der Waals surface area (Å²) in [6.45, 7) is 5.48. The minimum absolute atomic E-state index is 0.212. The van der Waals surface area contributed by atoms with Gasteiger partial charge in [0, 0.05) is 28.2 Å². The molecule has 2 aromatic rings. The van der Waals surface area contributed by atoms with Gasteiger partial charge in [-0.1, -0.05) is 23.2 Å². The van der Waals surface area contributed by atoms with E-state index in [1.807, 2.05) is 0 Å². The topological polar surface area (TPSA) is 108 Å². The summed E-state index contributed by atoms with van der Waals surface area (Å²) in [5.41, 5.74) is 0.425. The van der Waals surface area contributed by atoms with Gasteiger partial charge >= 0.3 is 0 Å². The first-order valence-electron chi connectivity index (χ1n) is 9.98. The number of ketones is 1. The molecule has 1 N–H and O–H groups in total. The zero-order valence-corrected chi connectivity index (χ0v) is 20.4. The molecule has 2 rings (SSSR count). The third-order valence-corrected chi connectivity index (χ3v) is 4.65. The molecule has 178 valence electrons. The Morgan fingerprint density at radius 1 is 0.939 bits per heavy atom. The molecule has 0 aliphatic rings. The molecule has 0 bridgehead atoms. The van der Waals surface area contributed by atoms with Gasteiger partial charge in [-0.2, -0.15) is 5.11 Å². The summed E-state index contributed by atoms with van der Waals surface area (Å²) < 4.78 is 21.7. The van der Waals surface area contributed by atoms with Crippen LogP contribution in [0, 0.1) is 0 Å². The van der Waals surface area contributed by atoms with Gasteiger partial charge in [0.1, 0.15) is 0 Å². The number of rotatable bonds is 11. The molecule has 0 radical (unpaired) electrons. The van der Waals surface area contributed by atoms with E-state index in [0.29, 0.717) is 40.5 Å². The van der Waals surface area contributed by atoms with Crippen LogP contribution < -0.4 is 24.3 Å². The number of azo groups is 1. The highest BCUT2D eigenvalue weighted by Crippen LogP contribution is 2.41. The van der Waals surface area contributed by atoms with Gasteiger partial charge in [0.15, 0.2) is 34.5 Å². The Balaban J connectivity index is 2.42. The average molecular weight is 498 g/mol. The Kier molecular flexibility index (Phi) is 9.74. The SMILES string of the molecule is CCOc1cc(Cl)cc(OCC)c1N=NC(C(C)=O)C(=O)Nc1cc(Cl)cc(OC)c1OC. The normalized spacial score (nSPS) is 11.7. The van der Waals surface area contributed by atoms with Crippen LogP contribution in [0.1, 0.15) is 20.8 Å². The summed E-state index contributed by atoms with van der Waals surface area (Å²) in [4.78, 5) is 25.2. The van der Waals surface area contributed by atoms with Crippen LogP contribution in [0.25, 0.3) is 0 Å². The van der Waals surface area contributed by atoms with Gasteiger partial charge in [-0.3, -0.25) is 9.59 Å². The van der Waals surface area contributed by atoms with Gasteiger partial charge in [0.25, 0.3) is 5.91 Å². The Morgan fingerprint density at radius 2 is 1.48 bits per heavy atom. The molecule has 0 aliphatic heterocycles. The van der Waals surface area contributed by atoms with Gasteiger partial charge in [-0.15, -0.1) is 5.11 Å². The van der Waals surface area contributed by atoms with E-state index in [2.05, 4.69) is 15.5 Å². The number of ether oxygens (including phenoxy) is 4. The van der Waals surface area contributed by atoms with E-state index >= 15 is 0 Å². The second kappa shape index (κ2) is 12.3. The van der Waals surface area contributed by atoms with Crippen LogP contribution in [0.5, 0.6) is 23.0 Å². The van der Waals surface area contributed by atoms with Crippen LogP contribution in [-0.2, 0) is 9.59 Å². The summed E-state index contributed by atoms with van der Waals surface area (Å²) in [5, 5.41) is 11.4. The number of hydrogen-bond donors (Lipinski definition) is 1. The van der Waals surface area contributed by atoms with Crippen molar-refractivity contribution in [3.05, 3.63) is 34.3 Å². The molecule has 2 aromatic carbocycles. The van der Waals surface area contributed by atoms with E-state index in [0.717, 1.165) is 0 Å². The first kappa shape index (κ1) is 26.2. The van der Waals surface area contributed by atoms with Crippen molar-refractivity contribution in [1.29, 1.82) is 0 Å². The number of benzene rings is 2. The molecule has 0 saturated heterocycles. The molecule has 0 aliphatic carbocycles. The lowest BCUT2D eigenvalue weighted by atomic mass is 10.2. The van der Waals surface area contributed by atoms with Crippen molar-refractivity contribution in [2.75, 3.05) is 32.8 Å². The molecule has 0 aromatic heterocycles. The van der Waals surface area contributed by atoms with E-state index in [4.69, 9.17) is 42.1 Å². The highest BCUT2D eigenvalue weighted by molar-refractivity contribution is 6.31. The maximum atomic E-state index is 12.9. The number of nitrogens with zero attached hydrogens (tertiary/aromatic N) is 2. The first-order valence-corrected chi connectivity index (χ1v) is 10.7. The van der Waals surface area contributed by atoms with E-state index in [1.54, 1.807) is 26.0 Å². The number of methoxy groups -OCH3 is 2. The van der Waals surface area contributed by atoms with Gasteiger partial charge in [0.2, 0.25) is 6.04 Å². The number of amides is 1. The smallest absolute Gasteiger partial charge is 0.258 e. The first-order chi connectivity index (χ1) is 15.7. The molecule has 1 atom stereocenters. The van der Waals surface area contributed by atoms with Crippen LogP contribution in [0.15, 0.2) is 34.5 Å². The van der Waals surface area contributed by atoms with Crippen molar-refractivity contribution in [3.63, 3.8) is 0 Å². The zero-order valence-electron chi connectivity index (χ0n) is 18.9. The van der Waals surface area contributed by atoms with Crippen molar-refractivity contribution >= 4 is 46.3 Å². The third-order valence-electron chi connectivity index (χ3n) is 4.21. The minimum Gasteiger partial charge on any atom is -0.493 e. The monoisotopic (exact) mass is 497 g/mol. The van der Waals surface area contributed by atoms with Crippen molar-refractivity contribution in [2.45, 2.75) is 26.8 Å². The number of carbonyl (C=O) groups is 2. The molecule has 1 amide bonds. The lowest BCUT2D eigenvalue weighted by Gasteiger charge is -2.16. The number of anilines is 1. The average Bonchev–Trinajstić information content (AvgIpc) is 2.75. The fourth-order valence-electron chi connectivity index (χ4n) is 2.84. The summed E-state index contributed by atoms with van der Waals surface area (Å²) in [5.74, 6) is -0.107. The van der Waals surface area contributed by atoms with Crippen LogP contribution in [-0.4, -0.2) is 45.2 Å². The highest BCUT2D eigenvalue weighted by Gasteiger charge is 2.26. The molecule has 0 fully saturated rings. The number of carbonyl (C=O) groups excluding carboxylic acids is 2. The molecule has 11 heteroatoms. The molecule has 0 saturated carbocycles. The number of hydrogen-bond acceptors (Lipinski definition) is 8. The van der Waals surface area contributed by atoms with Gasteiger partial charge in [0.05, 0.1) is 33.1 Å². The molecular weight excluding hydrogens is 473 g/mol. The predicted molar refractivity (Wildman–Crippen MR) is 126 cm³/mol. The van der Waals surface area contributed by atoms with Crippen molar-refractivity contribution < 1.29 is 28.5 Å². The largest absolute Gasteiger partial charge is 0.493 e. The van der Waals surface area contributed by atoms with E-state index in [-0.39, 0.29) is 17.1 Å². The minimum atomic E-state index is -1.46. The molecule has 33 heavy (non-hydrogen) atoms. The lowest BCUT2D eigenvalue weighted by Crippen LogP contribution is -2.32. The van der Waals surface area contributed by atoms with Gasteiger partial charge in [-0.05, 0) is 26.8 Å². The Labute approximate surface area is 202 Å². The van der Waals surface area contributed by atoms with Crippen LogP contribution in [0.4, 0.5) is 11.4 Å². The van der Waals surface area contributed by atoms with Gasteiger partial charge < -0.3 is 24.3 Å². The Morgan fingerprint density at radius 3 is 1.97 bits per heavy atom. The van der Waals surface area contributed by atoms with Crippen LogP contribution >= 0.6 is 23.2 Å². The Bertz CT molecular complexity index is 1020. The molecule has 9 nitrogen and oxygen atoms in total. The maximum Gasteiger partial charge on any atom is 0.258 e. The van der Waals surface area contributed by atoms with Crippen molar-refractivity contribution in [2.24, 2.45) is 10.2 Å². The van der Waals surface area contributed by atoms with Crippen LogP contribution in [0.2, 0.25) is 10.0 Å². The van der Waals surface area contributed by atoms with Crippen molar-refractivity contribution in [1.82, 2.24) is 0 Å². The second-order valence-electron chi connectivity index (χ2n) is 6.52. The molecular formula is C22H25Cl2N3O6. The van der Waals surface area contributed by atoms with E-state index in [9.17, 15) is 9.59 Å². The molecule has 0 heterocycles. The van der Waals surface area contributed by atoms with Crippen molar-refractivity contribution in [3.8, 4) is 23.0 Å². The molecule has 0 spiro atoms. The number of nitrogens with one attached hydrogen (secondary N) is 1. The second-order valence-corrected chi connectivity index (χ2v) is 7.40. The summed E-state index contributed by atoms with van der Waals surface area (Å²) in [6.07, 6.45) is 0. The predicted octanol–water partition coefficient (Wildman–Crippen LogP) is 5.49. The lowest BCUT2D eigenvalue weighted by molar-refractivity contribution is -0.126. The van der Waals surface area contributed by atoms with Gasteiger partial charge in [-0.25, -0.2) is 0 Å². The number of Topliss-reactive ketones (excluding diaryl/α,β-unsaturated/α-hetero) is 1. The fourth-order valence-corrected chi connectivity index (χ4v) is 3.24. The Hall–Kier alpha value is -3.04. The highest BCUT2D eigenvalue weighted by atomic mass is 35.5. The summed E-state index contributed by atoms with van der Waals surface area (Å²) >= 11 is 12.2. The quantitative estimate of drug-likeness (QED) is 0.324.